The average Bonchev–Trinajstić information content (AvgIpc) is 2.80. The lowest BCUT2D eigenvalue weighted by Gasteiger charge is -2.31. The van der Waals surface area contributed by atoms with Gasteiger partial charge < -0.3 is 15.7 Å². The quantitative estimate of drug-likeness (QED) is 0.632. The van der Waals surface area contributed by atoms with Gasteiger partial charge in [-0.2, -0.15) is 0 Å². The van der Waals surface area contributed by atoms with Crippen LogP contribution in [-0.4, -0.2) is 55.4 Å². The van der Waals surface area contributed by atoms with Crippen LogP contribution in [0.25, 0.3) is 11.3 Å². The fourth-order valence-electron chi connectivity index (χ4n) is 3.41. The van der Waals surface area contributed by atoms with Crippen molar-refractivity contribution in [2.45, 2.75) is 18.8 Å². The van der Waals surface area contributed by atoms with E-state index in [2.05, 4.69) is 19.9 Å². The van der Waals surface area contributed by atoms with Crippen LogP contribution in [0.3, 0.4) is 0 Å². The van der Waals surface area contributed by atoms with Crippen molar-refractivity contribution < 1.29 is 14.7 Å². The summed E-state index contributed by atoms with van der Waals surface area (Å²) in [5.41, 5.74) is 9.00. The second-order valence-electron chi connectivity index (χ2n) is 6.71. The maximum atomic E-state index is 12.8. The summed E-state index contributed by atoms with van der Waals surface area (Å²) in [6, 6.07) is 9.38. The Morgan fingerprint density at radius 2 is 1.80 bits per heavy atom. The predicted molar refractivity (Wildman–Crippen MR) is 110 cm³/mol. The fraction of sp³-hybridized carbons (Fsp3) is 0.238. The molecule has 1 saturated heterocycles. The molecule has 0 radical (unpaired) electrons. The van der Waals surface area contributed by atoms with E-state index in [1.165, 1.54) is 6.20 Å². The maximum absolute atomic E-state index is 12.8. The van der Waals surface area contributed by atoms with Gasteiger partial charge in [0, 0.05) is 42.0 Å². The van der Waals surface area contributed by atoms with Crippen molar-refractivity contribution in [1.29, 1.82) is 0 Å². The molecule has 154 valence electrons. The summed E-state index contributed by atoms with van der Waals surface area (Å²) in [4.78, 5) is 39.7. The Bertz CT molecular complexity index is 974. The third kappa shape index (κ3) is 5.13. The van der Waals surface area contributed by atoms with E-state index in [1.54, 1.807) is 18.7 Å². The van der Waals surface area contributed by atoms with Gasteiger partial charge in [-0.05, 0) is 31.0 Å². The number of nitrogens with two attached hydrogens (primary N) is 1. The molecule has 3 aromatic rings. The number of likely N-dealkylation sites (tertiary alicyclic amines) is 1. The minimum Gasteiger partial charge on any atom is -0.483 e. The summed E-state index contributed by atoms with van der Waals surface area (Å²) in [5, 5.41) is 6.89. The van der Waals surface area contributed by atoms with Crippen molar-refractivity contribution in [3.8, 4) is 11.3 Å². The lowest BCUT2D eigenvalue weighted by atomic mass is 9.93. The zero-order valence-corrected chi connectivity index (χ0v) is 16.3. The zero-order chi connectivity index (χ0) is 21.3. The molecular formula is C21H22N6O3. The Hall–Kier alpha value is -3.88. The molecule has 2 aromatic heterocycles. The molecule has 30 heavy (non-hydrogen) atoms. The third-order valence-corrected chi connectivity index (χ3v) is 4.89. The van der Waals surface area contributed by atoms with Gasteiger partial charge in [-0.25, -0.2) is 15.0 Å². The molecule has 0 saturated carbocycles. The lowest BCUT2D eigenvalue weighted by Crippen LogP contribution is -2.38. The van der Waals surface area contributed by atoms with E-state index >= 15 is 0 Å². The maximum Gasteiger partial charge on any atom is 0.290 e. The molecule has 9 heteroatoms. The number of rotatable bonds is 3. The molecule has 0 bridgehead atoms. The lowest BCUT2D eigenvalue weighted by molar-refractivity contribution is -0.122. The summed E-state index contributed by atoms with van der Waals surface area (Å²) in [6.07, 6.45) is 8.35. The van der Waals surface area contributed by atoms with Crippen LogP contribution in [0.5, 0.6) is 0 Å². The SMILES string of the molecule is Nc1cncc(-c2ccc(C(=O)N3CCC(c4ccncn4)CC3)cc2)n1.O=CO. The molecule has 0 unspecified atom stereocenters. The van der Waals surface area contributed by atoms with Crippen LogP contribution < -0.4 is 5.73 Å². The van der Waals surface area contributed by atoms with Crippen LogP contribution in [0.2, 0.25) is 0 Å². The fourth-order valence-corrected chi connectivity index (χ4v) is 3.41. The summed E-state index contributed by atoms with van der Waals surface area (Å²) < 4.78 is 0. The highest BCUT2D eigenvalue weighted by Gasteiger charge is 2.25. The number of nitrogen functional groups attached to an aromatic ring is 1. The largest absolute Gasteiger partial charge is 0.483 e. The second-order valence-corrected chi connectivity index (χ2v) is 6.71. The Labute approximate surface area is 173 Å². The van der Waals surface area contributed by atoms with Crippen molar-refractivity contribution >= 4 is 18.2 Å². The molecule has 1 fully saturated rings. The number of carbonyl (C=O) groups excluding carboxylic acids is 1. The molecule has 1 aromatic carbocycles. The molecule has 1 aliphatic heterocycles. The van der Waals surface area contributed by atoms with Gasteiger partial charge in [0.1, 0.15) is 12.1 Å². The van der Waals surface area contributed by atoms with Gasteiger partial charge in [-0.15, -0.1) is 0 Å². The number of piperidine rings is 1. The third-order valence-electron chi connectivity index (χ3n) is 4.89. The number of benzene rings is 1. The van der Waals surface area contributed by atoms with Crippen LogP contribution in [0.15, 0.2) is 55.2 Å². The number of nitrogens with zero attached hydrogens (tertiary/aromatic N) is 5. The number of aromatic nitrogens is 4. The molecule has 0 spiro atoms. The second kappa shape index (κ2) is 10.1. The Kier molecular flexibility index (Phi) is 6.99. The van der Waals surface area contributed by atoms with E-state index in [9.17, 15) is 4.79 Å². The van der Waals surface area contributed by atoms with E-state index in [0.717, 1.165) is 37.2 Å². The van der Waals surface area contributed by atoms with E-state index in [4.69, 9.17) is 15.6 Å². The van der Waals surface area contributed by atoms with Gasteiger partial charge in [0.15, 0.2) is 0 Å². The van der Waals surface area contributed by atoms with Gasteiger partial charge in [0.25, 0.3) is 12.4 Å². The highest BCUT2D eigenvalue weighted by molar-refractivity contribution is 5.94. The van der Waals surface area contributed by atoms with Gasteiger partial charge in [0.2, 0.25) is 0 Å². The molecule has 0 atom stereocenters. The van der Waals surface area contributed by atoms with Crippen molar-refractivity contribution in [2.24, 2.45) is 0 Å². The number of hydrogen-bond acceptors (Lipinski definition) is 7. The summed E-state index contributed by atoms with van der Waals surface area (Å²) >= 11 is 0. The van der Waals surface area contributed by atoms with Crippen LogP contribution in [-0.2, 0) is 4.79 Å². The van der Waals surface area contributed by atoms with Crippen molar-refractivity contribution in [1.82, 2.24) is 24.8 Å². The number of carbonyl (C=O) groups is 2. The molecule has 4 rings (SSSR count). The Morgan fingerprint density at radius 1 is 1.10 bits per heavy atom. The molecule has 3 heterocycles. The van der Waals surface area contributed by atoms with Crippen LogP contribution in [0.1, 0.15) is 34.8 Å². The van der Waals surface area contributed by atoms with Crippen LogP contribution in [0, 0.1) is 0 Å². The molecular weight excluding hydrogens is 384 g/mol. The highest BCUT2D eigenvalue weighted by atomic mass is 16.3. The topological polar surface area (TPSA) is 135 Å². The van der Waals surface area contributed by atoms with Crippen molar-refractivity contribution in [3.63, 3.8) is 0 Å². The van der Waals surface area contributed by atoms with Crippen molar-refractivity contribution in [2.75, 3.05) is 18.8 Å². The first kappa shape index (κ1) is 20.8. The first-order valence-corrected chi connectivity index (χ1v) is 9.43. The normalized spacial score (nSPS) is 13.8. The van der Waals surface area contributed by atoms with Crippen LogP contribution >= 0.6 is 0 Å². The molecule has 9 nitrogen and oxygen atoms in total. The zero-order valence-electron chi connectivity index (χ0n) is 16.3. The first-order chi connectivity index (χ1) is 14.6. The van der Waals surface area contributed by atoms with E-state index < -0.39 is 0 Å². The molecule has 1 amide bonds. The monoisotopic (exact) mass is 406 g/mol. The Balaban J connectivity index is 0.000000806. The van der Waals surface area contributed by atoms with E-state index in [1.807, 2.05) is 35.2 Å². The van der Waals surface area contributed by atoms with E-state index in [-0.39, 0.29) is 12.4 Å². The van der Waals surface area contributed by atoms with Gasteiger partial charge in [-0.1, -0.05) is 12.1 Å². The molecule has 3 N–H and O–H groups in total. The smallest absolute Gasteiger partial charge is 0.290 e. The molecule has 0 aliphatic carbocycles. The first-order valence-electron chi connectivity index (χ1n) is 9.43. The standard InChI is InChI=1S/C20H20N6O.CH2O2/c21-19-12-23-11-18(25-19)14-1-3-16(4-2-14)20(27)26-9-6-15(7-10-26)17-5-8-22-13-24-17;2-1-3/h1-5,8,11-13,15H,6-7,9-10H2,(H2,21,25);1H,(H,2,3). The minimum atomic E-state index is -0.250. The Morgan fingerprint density at radius 3 is 2.40 bits per heavy atom. The highest BCUT2D eigenvalue weighted by Crippen LogP contribution is 2.27. The number of amides is 1. The van der Waals surface area contributed by atoms with Crippen molar-refractivity contribution in [3.05, 3.63) is 66.5 Å². The van der Waals surface area contributed by atoms with Crippen LogP contribution in [0.4, 0.5) is 5.82 Å². The number of hydrogen-bond donors (Lipinski definition) is 2. The summed E-state index contributed by atoms with van der Waals surface area (Å²) in [5.74, 6) is 0.821. The summed E-state index contributed by atoms with van der Waals surface area (Å²) in [6.45, 7) is 1.21. The number of anilines is 1. The van der Waals surface area contributed by atoms with Gasteiger partial charge in [-0.3, -0.25) is 14.6 Å². The predicted octanol–water partition coefficient (Wildman–Crippen LogP) is 2.24. The van der Waals surface area contributed by atoms with E-state index in [0.29, 0.717) is 23.0 Å². The molecule has 1 aliphatic rings. The van der Waals surface area contributed by atoms with Gasteiger partial charge in [0.05, 0.1) is 18.1 Å². The number of carboxylic acid groups (broad SMARTS) is 1. The minimum absolute atomic E-state index is 0.0568. The summed E-state index contributed by atoms with van der Waals surface area (Å²) in [7, 11) is 0. The average molecular weight is 406 g/mol. The van der Waals surface area contributed by atoms with Gasteiger partial charge >= 0.3 is 0 Å².